The zero-order valence-electron chi connectivity index (χ0n) is 6.09. The fourth-order valence-corrected chi connectivity index (χ4v) is 0.0354. The number of halogens is 3. The molecule has 0 saturated carbocycles. The fourth-order valence-electron chi connectivity index (χ4n) is 0.0354. The molecule has 0 atom stereocenters. The number of carboxylic acid groups (broad SMARTS) is 1. The van der Waals surface area contributed by atoms with Crippen molar-refractivity contribution in [3.05, 3.63) is 0 Å². The Balaban J connectivity index is -0.000000150. The summed E-state index contributed by atoms with van der Waals surface area (Å²) in [5, 5.41) is 22.3. The maximum atomic E-state index is 10.6. The van der Waals surface area contributed by atoms with Gasteiger partial charge < -0.3 is 10.6 Å². The first-order valence-electron chi connectivity index (χ1n) is 2.40. The summed E-state index contributed by atoms with van der Waals surface area (Å²) >= 11 is 0. The number of carboxylic acids is 1. The van der Waals surface area contributed by atoms with Crippen molar-refractivity contribution in [1.29, 1.82) is 10.5 Å². The summed E-state index contributed by atoms with van der Waals surface area (Å²) in [5.41, 5.74) is 0. The molecule has 0 aliphatic carbocycles. The Morgan fingerprint density at radius 1 is 1.31 bits per heavy atom. The second-order valence-electron chi connectivity index (χ2n) is 1.30. The van der Waals surface area contributed by atoms with Crippen molar-refractivity contribution in [2.75, 3.05) is 0 Å². The molecule has 3 N–H and O–H groups in total. The van der Waals surface area contributed by atoms with E-state index in [0.29, 0.717) is 0 Å². The Kier molecular flexibility index (Phi) is 11.1. The van der Waals surface area contributed by atoms with Gasteiger partial charge in [0.25, 0.3) is 0 Å². The van der Waals surface area contributed by atoms with Gasteiger partial charge in [0.15, 0.2) is 0 Å². The number of aliphatic carboxylic acids is 1. The van der Waals surface area contributed by atoms with Crippen LogP contribution in [0.25, 0.3) is 0 Å². The Morgan fingerprint density at radius 3 is 1.54 bits per heavy atom. The molecule has 0 heterocycles. The van der Waals surface area contributed by atoms with Crippen molar-refractivity contribution in [2.24, 2.45) is 0 Å². The van der Waals surface area contributed by atoms with Crippen molar-refractivity contribution in [3.63, 3.8) is 0 Å². The maximum Gasteiger partial charge on any atom is 0.490 e. The van der Waals surface area contributed by atoms with E-state index in [4.69, 9.17) is 20.4 Å². The average Bonchev–Trinajstić information content (AvgIpc) is 1.88. The third-order valence-corrected chi connectivity index (χ3v) is 0.401. The van der Waals surface area contributed by atoms with Gasteiger partial charge >= 0.3 is 12.1 Å². The molecule has 0 aromatic carbocycles. The lowest BCUT2D eigenvalue weighted by molar-refractivity contribution is -0.192. The first-order valence-corrected chi connectivity index (χ1v) is 2.40. The minimum absolute atomic E-state index is 0. The van der Waals surface area contributed by atoms with Gasteiger partial charge in [-0.3, -0.25) is 0 Å². The molecule has 0 radical (unpaired) electrons. The molecule has 0 bridgehead atoms. The van der Waals surface area contributed by atoms with Gasteiger partial charge in [0.05, 0.1) is 12.1 Å². The van der Waals surface area contributed by atoms with Crippen molar-refractivity contribution in [1.82, 2.24) is 0 Å². The Labute approximate surface area is 70.9 Å². The highest BCUT2D eigenvalue weighted by molar-refractivity contribution is 5.73. The molecule has 0 aromatic rings. The zero-order valence-corrected chi connectivity index (χ0v) is 6.09. The van der Waals surface area contributed by atoms with Gasteiger partial charge in [0, 0.05) is 0 Å². The van der Waals surface area contributed by atoms with Gasteiger partial charge in [-0.05, 0) is 0 Å². The molecule has 0 aliphatic rings. The molecule has 0 amide bonds. The molecule has 0 aliphatic heterocycles. The summed E-state index contributed by atoms with van der Waals surface area (Å²) in [6.45, 7) is 0. The van der Waals surface area contributed by atoms with Crippen molar-refractivity contribution in [2.45, 2.75) is 12.6 Å². The van der Waals surface area contributed by atoms with E-state index in [2.05, 4.69) is 0 Å². The summed E-state index contributed by atoms with van der Waals surface area (Å²) in [6, 6.07) is 3.31. The van der Waals surface area contributed by atoms with Crippen LogP contribution in [-0.4, -0.2) is 22.7 Å². The number of rotatable bonds is 0. The van der Waals surface area contributed by atoms with E-state index in [0.717, 1.165) is 0 Å². The number of hydrogen-bond donors (Lipinski definition) is 1. The SMILES string of the molecule is N#CCC#N.O.O=C(O)C(F)(F)F. The van der Waals surface area contributed by atoms with Crippen LogP contribution in [0.15, 0.2) is 0 Å². The van der Waals surface area contributed by atoms with Gasteiger partial charge in [-0.2, -0.15) is 23.7 Å². The van der Waals surface area contributed by atoms with Crippen LogP contribution in [0.4, 0.5) is 13.2 Å². The highest BCUT2D eigenvalue weighted by atomic mass is 19.4. The highest BCUT2D eigenvalue weighted by Gasteiger charge is 2.38. The smallest absolute Gasteiger partial charge is 0.475 e. The molecule has 5 nitrogen and oxygen atoms in total. The fraction of sp³-hybridized carbons (Fsp3) is 0.400. The normalized spacial score (nSPS) is 7.77. The number of nitrogens with zero attached hydrogens (tertiary/aromatic N) is 2. The second-order valence-corrected chi connectivity index (χ2v) is 1.30. The Bertz CT molecular complexity index is 213. The molecule has 0 saturated heterocycles. The first kappa shape index (κ1) is 17.3. The van der Waals surface area contributed by atoms with Crippen LogP contribution in [0.1, 0.15) is 6.42 Å². The molecular formula is C5H5F3N2O3. The Morgan fingerprint density at radius 2 is 1.54 bits per heavy atom. The summed E-state index contributed by atoms with van der Waals surface area (Å²) < 4.78 is 31.7. The van der Waals surface area contributed by atoms with E-state index in [-0.39, 0.29) is 11.9 Å². The van der Waals surface area contributed by atoms with E-state index in [9.17, 15) is 13.2 Å². The van der Waals surface area contributed by atoms with Gasteiger partial charge in [-0.15, -0.1) is 0 Å². The maximum absolute atomic E-state index is 10.6. The van der Waals surface area contributed by atoms with Crippen molar-refractivity contribution >= 4 is 5.97 Å². The predicted molar refractivity (Wildman–Crippen MR) is 33.1 cm³/mol. The molecular weight excluding hydrogens is 193 g/mol. The minimum Gasteiger partial charge on any atom is -0.475 e. The van der Waals surface area contributed by atoms with E-state index >= 15 is 0 Å². The second kappa shape index (κ2) is 8.30. The molecule has 13 heavy (non-hydrogen) atoms. The quantitative estimate of drug-likeness (QED) is 0.599. The summed E-state index contributed by atoms with van der Waals surface area (Å²) in [5.74, 6) is -2.76. The van der Waals surface area contributed by atoms with Crippen LogP contribution in [-0.2, 0) is 4.79 Å². The first-order chi connectivity index (χ1) is 5.36. The van der Waals surface area contributed by atoms with Gasteiger partial charge in [-0.1, -0.05) is 0 Å². The van der Waals surface area contributed by atoms with Gasteiger partial charge in [0.1, 0.15) is 6.42 Å². The van der Waals surface area contributed by atoms with Gasteiger partial charge in [-0.25, -0.2) is 4.79 Å². The average molecular weight is 198 g/mol. The summed E-state index contributed by atoms with van der Waals surface area (Å²) in [7, 11) is 0. The molecule has 0 spiro atoms. The van der Waals surface area contributed by atoms with E-state index in [1.54, 1.807) is 12.1 Å². The molecule has 0 rings (SSSR count). The molecule has 8 heteroatoms. The van der Waals surface area contributed by atoms with Crippen LogP contribution < -0.4 is 0 Å². The van der Waals surface area contributed by atoms with E-state index in [1.165, 1.54) is 0 Å². The van der Waals surface area contributed by atoms with Crippen LogP contribution >= 0.6 is 0 Å². The lowest BCUT2D eigenvalue weighted by Crippen LogP contribution is -2.21. The number of nitriles is 2. The van der Waals surface area contributed by atoms with Crippen LogP contribution in [0.5, 0.6) is 0 Å². The monoisotopic (exact) mass is 198 g/mol. The standard InChI is InChI=1S/C3H2N2.C2HF3O2.H2O/c4-2-1-3-5;3-2(4,5)1(6)7;/h1H2;(H,6,7);1H2. The Hall–Kier alpha value is -1.80. The third-order valence-electron chi connectivity index (χ3n) is 0.401. The largest absolute Gasteiger partial charge is 0.490 e. The van der Waals surface area contributed by atoms with Crippen molar-refractivity contribution < 1.29 is 28.5 Å². The third kappa shape index (κ3) is 17.8. The van der Waals surface area contributed by atoms with E-state index in [1.807, 2.05) is 0 Å². The minimum atomic E-state index is -5.08. The molecule has 0 unspecified atom stereocenters. The lowest BCUT2D eigenvalue weighted by atomic mass is 10.5. The van der Waals surface area contributed by atoms with Crippen LogP contribution in [0.3, 0.4) is 0 Å². The van der Waals surface area contributed by atoms with Crippen molar-refractivity contribution in [3.8, 4) is 12.1 Å². The lowest BCUT2D eigenvalue weighted by Gasteiger charge is -1.93. The number of carbonyl (C=O) groups is 1. The summed E-state index contributed by atoms with van der Waals surface area (Å²) in [6.07, 6.45) is -5.08. The molecule has 0 fully saturated rings. The predicted octanol–water partition coefficient (Wildman–Crippen LogP) is 0.232. The molecule has 74 valence electrons. The van der Waals surface area contributed by atoms with E-state index < -0.39 is 12.1 Å². The van der Waals surface area contributed by atoms with Crippen LogP contribution in [0.2, 0.25) is 0 Å². The number of alkyl halides is 3. The zero-order chi connectivity index (χ0) is 10.2. The van der Waals surface area contributed by atoms with Gasteiger partial charge in [0.2, 0.25) is 0 Å². The highest BCUT2D eigenvalue weighted by Crippen LogP contribution is 2.13. The summed E-state index contributed by atoms with van der Waals surface area (Å²) in [4.78, 5) is 8.90. The topological polar surface area (TPSA) is 116 Å². The number of hydrogen-bond acceptors (Lipinski definition) is 3. The molecule has 0 aromatic heterocycles. The van der Waals surface area contributed by atoms with Crippen LogP contribution in [0, 0.1) is 22.7 Å².